The van der Waals surface area contributed by atoms with Gasteiger partial charge in [-0.3, -0.25) is 9.59 Å². The molecular weight excluding hydrogens is 322 g/mol. The molecule has 1 rings (SSSR count). The van der Waals surface area contributed by atoms with Crippen molar-refractivity contribution in [1.29, 1.82) is 0 Å². The SMILES string of the molecule is Cc1cc(SC(C)(C)C)ccc1NC(=O)CNC(=O)[C@@H](N)C(C)C. The summed E-state index contributed by atoms with van der Waals surface area (Å²) < 4.78 is 0.136. The fourth-order valence-corrected chi connectivity index (χ4v) is 3.05. The van der Waals surface area contributed by atoms with Crippen molar-refractivity contribution in [1.82, 2.24) is 5.32 Å². The Morgan fingerprint density at radius 2 is 1.88 bits per heavy atom. The first-order chi connectivity index (χ1) is 11.0. The quantitative estimate of drug-likeness (QED) is 0.688. The van der Waals surface area contributed by atoms with E-state index in [1.54, 1.807) is 11.8 Å². The number of rotatable bonds is 6. The molecule has 0 bridgehead atoms. The monoisotopic (exact) mass is 351 g/mol. The minimum absolute atomic E-state index is 0.0307. The van der Waals surface area contributed by atoms with E-state index in [9.17, 15) is 9.59 Å². The summed E-state index contributed by atoms with van der Waals surface area (Å²) >= 11 is 1.78. The van der Waals surface area contributed by atoms with Crippen LogP contribution in [-0.4, -0.2) is 29.1 Å². The van der Waals surface area contributed by atoms with Gasteiger partial charge in [0.1, 0.15) is 0 Å². The molecule has 0 aliphatic carbocycles. The van der Waals surface area contributed by atoms with Gasteiger partial charge in [0.15, 0.2) is 0 Å². The molecule has 0 spiro atoms. The smallest absolute Gasteiger partial charge is 0.243 e. The Morgan fingerprint density at radius 3 is 2.38 bits per heavy atom. The zero-order chi connectivity index (χ0) is 18.5. The van der Waals surface area contributed by atoms with Gasteiger partial charge in [-0.2, -0.15) is 0 Å². The minimum atomic E-state index is -0.603. The molecule has 0 unspecified atom stereocenters. The predicted molar refractivity (Wildman–Crippen MR) is 101 cm³/mol. The van der Waals surface area contributed by atoms with Crippen molar-refractivity contribution < 1.29 is 9.59 Å². The summed E-state index contributed by atoms with van der Waals surface area (Å²) in [6, 6.07) is 5.33. The number of nitrogens with one attached hydrogen (secondary N) is 2. The van der Waals surface area contributed by atoms with E-state index < -0.39 is 6.04 Å². The summed E-state index contributed by atoms with van der Waals surface area (Å²) in [4.78, 5) is 24.9. The average Bonchev–Trinajstić information content (AvgIpc) is 2.45. The lowest BCUT2D eigenvalue weighted by atomic mass is 10.1. The second-order valence-corrected chi connectivity index (χ2v) is 9.13. The summed E-state index contributed by atoms with van der Waals surface area (Å²) in [6.07, 6.45) is 0. The van der Waals surface area contributed by atoms with E-state index in [2.05, 4.69) is 37.5 Å². The van der Waals surface area contributed by atoms with Crippen LogP contribution in [0, 0.1) is 12.8 Å². The van der Waals surface area contributed by atoms with E-state index >= 15 is 0 Å². The van der Waals surface area contributed by atoms with Crippen molar-refractivity contribution in [3.63, 3.8) is 0 Å². The summed E-state index contributed by atoms with van der Waals surface area (Å²) in [5.41, 5.74) is 7.48. The van der Waals surface area contributed by atoms with Gasteiger partial charge in [-0.15, -0.1) is 11.8 Å². The van der Waals surface area contributed by atoms with Crippen LogP contribution in [0.25, 0.3) is 0 Å². The van der Waals surface area contributed by atoms with Crippen LogP contribution in [-0.2, 0) is 9.59 Å². The maximum atomic E-state index is 12.0. The molecule has 4 N–H and O–H groups in total. The number of aryl methyl sites for hydroxylation is 1. The maximum Gasteiger partial charge on any atom is 0.243 e. The van der Waals surface area contributed by atoms with Crippen molar-refractivity contribution >= 4 is 29.3 Å². The van der Waals surface area contributed by atoms with Gasteiger partial charge >= 0.3 is 0 Å². The average molecular weight is 352 g/mol. The van der Waals surface area contributed by atoms with Crippen molar-refractivity contribution in [3.8, 4) is 0 Å². The molecule has 0 aliphatic rings. The summed E-state index contributed by atoms with van der Waals surface area (Å²) in [5.74, 6) is -0.546. The first-order valence-electron chi connectivity index (χ1n) is 8.12. The van der Waals surface area contributed by atoms with Gasteiger partial charge in [0.25, 0.3) is 0 Å². The van der Waals surface area contributed by atoms with E-state index in [1.807, 2.05) is 32.9 Å². The van der Waals surface area contributed by atoms with Crippen molar-refractivity contribution in [2.45, 2.75) is 57.2 Å². The molecule has 0 saturated carbocycles. The molecule has 1 aromatic carbocycles. The largest absolute Gasteiger partial charge is 0.346 e. The number of benzene rings is 1. The molecule has 0 aliphatic heterocycles. The van der Waals surface area contributed by atoms with E-state index in [-0.39, 0.29) is 29.0 Å². The topological polar surface area (TPSA) is 84.2 Å². The number of nitrogens with two attached hydrogens (primary N) is 1. The Morgan fingerprint density at radius 1 is 1.25 bits per heavy atom. The molecule has 2 amide bonds. The van der Waals surface area contributed by atoms with Crippen LogP contribution >= 0.6 is 11.8 Å². The number of hydrogen-bond donors (Lipinski definition) is 3. The van der Waals surface area contributed by atoms with Crippen LogP contribution in [0.5, 0.6) is 0 Å². The van der Waals surface area contributed by atoms with Gasteiger partial charge in [-0.25, -0.2) is 0 Å². The van der Waals surface area contributed by atoms with Gasteiger partial charge in [-0.05, 0) is 36.6 Å². The molecule has 0 saturated heterocycles. The number of amides is 2. The van der Waals surface area contributed by atoms with E-state index in [4.69, 9.17) is 5.73 Å². The van der Waals surface area contributed by atoms with Gasteiger partial charge < -0.3 is 16.4 Å². The Labute approximate surface area is 149 Å². The van der Waals surface area contributed by atoms with Crippen molar-refractivity contribution in [3.05, 3.63) is 23.8 Å². The lowest BCUT2D eigenvalue weighted by Gasteiger charge is -2.19. The fourth-order valence-electron chi connectivity index (χ4n) is 1.98. The van der Waals surface area contributed by atoms with Crippen molar-refractivity contribution in [2.24, 2.45) is 11.7 Å². The third-order valence-electron chi connectivity index (χ3n) is 3.34. The molecule has 0 radical (unpaired) electrons. The Bertz CT molecular complexity index is 594. The summed E-state index contributed by atoms with van der Waals surface area (Å²) in [7, 11) is 0. The number of hydrogen-bond acceptors (Lipinski definition) is 4. The fraction of sp³-hybridized carbons (Fsp3) is 0.556. The van der Waals surface area contributed by atoms with Crippen molar-refractivity contribution in [2.75, 3.05) is 11.9 Å². The third-order valence-corrected chi connectivity index (χ3v) is 4.44. The molecule has 0 aromatic heterocycles. The zero-order valence-corrected chi connectivity index (χ0v) is 16.2. The number of anilines is 1. The van der Waals surface area contributed by atoms with Gasteiger partial charge in [-0.1, -0.05) is 34.6 Å². The van der Waals surface area contributed by atoms with Crippen LogP contribution in [0.2, 0.25) is 0 Å². The van der Waals surface area contributed by atoms with Gasteiger partial charge in [0.05, 0.1) is 12.6 Å². The molecule has 6 heteroatoms. The second-order valence-electron chi connectivity index (χ2n) is 7.23. The highest BCUT2D eigenvalue weighted by Crippen LogP contribution is 2.33. The molecular formula is C18H29N3O2S. The Balaban J connectivity index is 2.60. The van der Waals surface area contributed by atoms with E-state index in [0.29, 0.717) is 0 Å². The Hall–Kier alpha value is -1.53. The molecule has 1 aromatic rings. The van der Waals surface area contributed by atoms with Crippen LogP contribution in [0.1, 0.15) is 40.2 Å². The normalized spacial score (nSPS) is 12.8. The lowest BCUT2D eigenvalue weighted by Crippen LogP contribution is -2.46. The van der Waals surface area contributed by atoms with Crippen LogP contribution in [0.3, 0.4) is 0 Å². The van der Waals surface area contributed by atoms with Crippen LogP contribution in [0.4, 0.5) is 5.69 Å². The maximum absolute atomic E-state index is 12.0. The number of carbonyl (C=O) groups excluding carboxylic acids is 2. The minimum Gasteiger partial charge on any atom is -0.346 e. The highest BCUT2D eigenvalue weighted by atomic mass is 32.2. The summed E-state index contributed by atoms with van der Waals surface area (Å²) in [5, 5.41) is 5.39. The van der Waals surface area contributed by atoms with Crippen LogP contribution < -0.4 is 16.4 Å². The molecule has 134 valence electrons. The van der Waals surface area contributed by atoms with Crippen LogP contribution in [0.15, 0.2) is 23.1 Å². The molecule has 1 atom stereocenters. The van der Waals surface area contributed by atoms with E-state index in [0.717, 1.165) is 16.1 Å². The number of thioether (sulfide) groups is 1. The predicted octanol–water partition coefficient (Wildman–Crippen LogP) is 2.92. The molecule has 0 fully saturated rings. The summed E-state index contributed by atoms with van der Waals surface area (Å²) in [6.45, 7) is 12.1. The highest BCUT2D eigenvalue weighted by Gasteiger charge is 2.18. The molecule has 24 heavy (non-hydrogen) atoms. The number of carbonyl (C=O) groups is 2. The molecule has 0 heterocycles. The van der Waals surface area contributed by atoms with E-state index in [1.165, 1.54) is 0 Å². The third kappa shape index (κ3) is 6.93. The highest BCUT2D eigenvalue weighted by molar-refractivity contribution is 8.00. The zero-order valence-electron chi connectivity index (χ0n) is 15.4. The van der Waals surface area contributed by atoms with Gasteiger partial charge in [0, 0.05) is 15.3 Å². The first-order valence-corrected chi connectivity index (χ1v) is 8.94. The standard InChI is InChI=1S/C18H29N3O2S/c1-11(2)16(19)17(23)20-10-15(22)21-14-8-7-13(9-12(14)3)24-18(4,5)6/h7-9,11,16H,10,19H2,1-6H3,(H,20,23)(H,21,22)/t16-/m0/s1. The Kier molecular flexibility index (Phi) is 7.29. The molecule has 5 nitrogen and oxygen atoms in total. The first kappa shape index (κ1) is 20.5. The van der Waals surface area contributed by atoms with Gasteiger partial charge in [0.2, 0.25) is 11.8 Å². The lowest BCUT2D eigenvalue weighted by molar-refractivity contribution is -0.125. The second kappa shape index (κ2) is 8.53.